The fourth-order valence-corrected chi connectivity index (χ4v) is 3.21. The van der Waals surface area contributed by atoms with Crippen molar-refractivity contribution in [3.63, 3.8) is 0 Å². The van der Waals surface area contributed by atoms with Crippen LogP contribution in [0.3, 0.4) is 0 Å². The van der Waals surface area contributed by atoms with E-state index in [2.05, 4.69) is 15.2 Å². The minimum absolute atomic E-state index is 0.0477. The summed E-state index contributed by atoms with van der Waals surface area (Å²) in [6, 6.07) is 0.747. The zero-order chi connectivity index (χ0) is 14.3. The van der Waals surface area contributed by atoms with Gasteiger partial charge in [-0.2, -0.15) is 4.98 Å². The third-order valence-electron chi connectivity index (χ3n) is 3.17. The maximum Gasteiger partial charge on any atom is 0.331 e. The van der Waals surface area contributed by atoms with Crippen molar-refractivity contribution in [2.75, 3.05) is 12.3 Å². The number of rotatable bonds is 2. The highest BCUT2D eigenvalue weighted by Crippen LogP contribution is 2.34. The molecule has 1 unspecified atom stereocenters. The molecule has 0 spiro atoms. The first-order chi connectivity index (χ1) is 9.58. The summed E-state index contributed by atoms with van der Waals surface area (Å²) < 4.78 is 0. The van der Waals surface area contributed by atoms with Crippen LogP contribution < -0.4 is 5.73 Å². The maximum absolute atomic E-state index is 12.3. The molecule has 0 saturated heterocycles. The van der Waals surface area contributed by atoms with Crippen LogP contribution in [0.4, 0.5) is 5.95 Å². The first-order valence-corrected chi connectivity index (χ1v) is 6.74. The quantitative estimate of drug-likeness (QED) is 0.730. The van der Waals surface area contributed by atoms with Gasteiger partial charge in [-0.25, -0.2) is 4.79 Å². The lowest BCUT2D eigenvalue weighted by Crippen LogP contribution is -2.43. The topological polar surface area (TPSA) is 125 Å². The zero-order valence-electron chi connectivity index (χ0n) is 10.2. The number of aromatic nitrogens is 3. The molecule has 3 heterocycles. The van der Waals surface area contributed by atoms with Gasteiger partial charge in [0.05, 0.1) is 0 Å². The lowest BCUT2D eigenvalue weighted by molar-refractivity contribution is -0.143. The zero-order valence-corrected chi connectivity index (χ0v) is 11.1. The summed E-state index contributed by atoms with van der Waals surface area (Å²) in [4.78, 5) is 29.9. The average Bonchev–Trinajstić information content (AvgIpc) is 3.04. The Labute approximate surface area is 117 Å². The van der Waals surface area contributed by atoms with Crippen molar-refractivity contribution in [1.29, 1.82) is 0 Å². The highest BCUT2D eigenvalue weighted by molar-refractivity contribution is 7.10. The van der Waals surface area contributed by atoms with Crippen LogP contribution in [0.5, 0.6) is 0 Å². The molecule has 2 aromatic heterocycles. The van der Waals surface area contributed by atoms with Crippen LogP contribution in [0, 0.1) is 0 Å². The van der Waals surface area contributed by atoms with E-state index in [-0.39, 0.29) is 11.8 Å². The van der Waals surface area contributed by atoms with Gasteiger partial charge in [0.2, 0.25) is 11.8 Å². The van der Waals surface area contributed by atoms with E-state index >= 15 is 0 Å². The number of amides is 1. The van der Waals surface area contributed by atoms with E-state index in [1.807, 2.05) is 5.38 Å². The first-order valence-electron chi connectivity index (χ1n) is 5.86. The molecule has 0 bridgehead atoms. The minimum Gasteiger partial charge on any atom is -0.479 e. The van der Waals surface area contributed by atoms with Crippen molar-refractivity contribution >= 4 is 29.2 Å². The van der Waals surface area contributed by atoms with Crippen molar-refractivity contribution in [3.8, 4) is 0 Å². The largest absolute Gasteiger partial charge is 0.479 e. The van der Waals surface area contributed by atoms with Crippen LogP contribution in [0.25, 0.3) is 0 Å². The molecule has 4 N–H and O–H groups in total. The molecule has 8 nitrogen and oxygen atoms in total. The van der Waals surface area contributed by atoms with Gasteiger partial charge in [-0.3, -0.25) is 9.89 Å². The highest BCUT2D eigenvalue weighted by Gasteiger charge is 2.37. The molecule has 2 aromatic rings. The molecule has 104 valence electrons. The van der Waals surface area contributed by atoms with Crippen LogP contribution in [-0.4, -0.2) is 43.6 Å². The Bertz CT molecular complexity index is 679. The van der Waals surface area contributed by atoms with Gasteiger partial charge in [-0.1, -0.05) is 0 Å². The lowest BCUT2D eigenvalue weighted by atomic mass is 10.00. The van der Waals surface area contributed by atoms with E-state index in [9.17, 15) is 14.7 Å². The van der Waals surface area contributed by atoms with Crippen LogP contribution in [0.2, 0.25) is 0 Å². The van der Waals surface area contributed by atoms with Crippen molar-refractivity contribution < 1.29 is 14.7 Å². The number of H-pyrrole nitrogens is 1. The van der Waals surface area contributed by atoms with Gasteiger partial charge in [0.25, 0.3) is 5.91 Å². The molecule has 1 amide bonds. The Kier molecular flexibility index (Phi) is 2.90. The molecular formula is C11H11N5O3S. The summed E-state index contributed by atoms with van der Waals surface area (Å²) in [5, 5.41) is 17.2. The number of aliphatic carboxylic acids is 1. The molecule has 9 heteroatoms. The molecule has 0 aliphatic carbocycles. The predicted molar refractivity (Wildman–Crippen MR) is 70.2 cm³/mol. The van der Waals surface area contributed by atoms with E-state index in [1.165, 1.54) is 16.2 Å². The second kappa shape index (κ2) is 4.60. The van der Waals surface area contributed by atoms with Gasteiger partial charge in [-0.05, 0) is 23.4 Å². The summed E-state index contributed by atoms with van der Waals surface area (Å²) in [6.07, 6.45) is 0.631. The number of nitrogens with two attached hydrogens (primary N) is 1. The van der Waals surface area contributed by atoms with Gasteiger partial charge in [0.15, 0.2) is 6.04 Å². The van der Waals surface area contributed by atoms with Gasteiger partial charge in [-0.15, -0.1) is 16.4 Å². The number of aromatic amines is 1. The van der Waals surface area contributed by atoms with Crippen LogP contribution in [-0.2, 0) is 11.2 Å². The lowest BCUT2D eigenvalue weighted by Gasteiger charge is -2.32. The number of carboxylic acids is 1. The summed E-state index contributed by atoms with van der Waals surface area (Å²) in [7, 11) is 0. The average molecular weight is 293 g/mol. The minimum atomic E-state index is -1.06. The highest BCUT2D eigenvalue weighted by atomic mass is 32.1. The molecule has 20 heavy (non-hydrogen) atoms. The summed E-state index contributed by atoms with van der Waals surface area (Å²) in [5.74, 6) is -1.68. The standard InChI is InChI=1S/C11H11N5O3S/c12-11-13-8(14-15-11)9(17)16-3-1-6-5(2-4-20-6)7(16)10(18)19/h2,4,7H,1,3H2,(H,18,19)(H3,12,13,14,15). The fraction of sp³-hybridized carbons (Fsp3) is 0.273. The van der Waals surface area contributed by atoms with E-state index < -0.39 is 17.9 Å². The van der Waals surface area contributed by atoms with Crippen molar-refractivity contribution in [2.24, 2.45) is 0 Å². The summed E-state index contributed by atoms with van der Waals surface area (Å²) >= 11 is 1.50. The van der Waals surface area contributed by atoms with Crippen molar-refractivity contribution in [3.05, 3.63) is 27.7 Å². The fourth-order valence-electron chi connectivity index (χ4n) is 2.31. The third-order valence-corrected chi connectivity index (χ3v) is 4.16. The maximum atomic E-state index is 12.3. The van der Waals surface area contributed by atoms with Crippen molar-refractivity contribution in [2.45, 2.75) is 12.5 Å². The van der Waals surface area contributed by atoms with Gasteiger partial charge in [0, 0.05) is 11.4 Å². The predicted octanol–water partition coefficient (Wildman–Crippen LogP) is 0.273. The number of hydrogen-bond acceptors (Lipinski definition) is 6. The van der Waals surface area contributed by atoms with Gasteiger partial charge < -0.3 is 15.7 Å². The number of carboxylic acid groups (broad SMARTS) is 1. The van der Waals surface area contributed by atoms with Crippen LogP contribution in [0.15, 0.2) is 11.4 Å². The van der Waals surface area contributed by atoms with Gasteiger partial charge in [0.1, 0.15) is 0 Å². The first kappa shape index (κ1) is 12.6. The van der Waals surface area contributed by atoms with Crippen LogP contribution >= 0.6 is 11.3 Å². The second-order valence-electron chi connectivity index (χ2n) is 4.33. The Morgan fingerprint density at radius 2 is 2.35 bits per heavy atom. The monoisotopic (exact) mass is 293 g/mol. The molecule has 0 saturated carbocycles. The Balaban J connectivity index is 1.97. The Morgan fingerprint density at radius 3 is 3.00 bits per heavy atom. The smallest absolute Gasteiger partial charge is 0.331 e. The Morgan fingerprint density at radius 1 is 1.55 bits per heavy atom. The number of nitrogen functional groups attached to an aromatic ring is 1. The molecule has 3 rings (SSSR count). The number of fused-ring (bicyclic) bond motifs is 1. The molecule has 0 fully saturated rings. The Hall–Kier alpha value is -2.42. The number of carbonyl (C=O) groups is 2. The van der Waals surface area contributed by atoms with E-state index in [0.29, 0.717) is 18.5 Å². The number of anilines is 1. The third kappa shape index (κ3) is 1.92. The molecular weight excluding hydrogens is 282 g/mol. The van der Waals surface area contributed by atoms with E-state index in [4.69, 9.17) is 5.73 Å². The number of carbonyl (C=O) groups excluding carboxylic acids is 1. The number of nitrogens with zero attached hydrogens (tertiary/aromatic N) is 3. The normalized spacial score (nSPS) is 17.8. The molecule has 1 atom stereocenters. The summed E-state index contributed by atoms with van der Waals surface area (Å²) in [6.45, 7) is 0.323. The molecule has 1 aliphatic heterocycles. The number of nitrogens with one attached hydrogen (secondary N) is 1. The summed E-state index contributed by atoms with van der Waals surface area (Å²) in [5.41, 5.74) is 6.02. The number of thiophene rings is 1. The van der Waals surface area contributed by atoms with Crippen LogP contribution in [0.1, 0.15) is 27.1 Å². The van der Waals surface area contributed by atoms with E-state index in [0.717, 1.165) is 4.88 Å². The van der Waals surface area contributed by atoms with E-state index in [1.54, 1.807) is 6.07 Å². The second-order valence-corrected chi connectivity index (χ2v) is 5.33. The number of hydrogen-bond donors (Lipinski definition) is 3. The molecule has 0 aromatic carbocycles. The molecule has 0 radical (unpaired) electrons. The van der Waals surface area contributed by atoms with Gasteiger partial charge >= 0.3 is 5.97 Å². The van der Waals surface area contributed by atoms with Crippen molar-refractivity contribution in [1.82, 2.24) is 20.1 Å². The SMILES string of the molecule is Nc1n[nH]c(C(=O)N2CCc3sccc3C2C(=O)O)n1. The molecule has 1 aliphatic rings.